The third-order valence-electron chi connectivity index (χ3n) is 4.32. The van der Waals surface area contributed by atoms with Crippen LogP contribution in [-0.4, -0.2) is 35.9 Å². The van der Waals surface area contributed by atoms with E-state index in [0.717, 1.165) is 25.5 Å². The summed E-state index contributed by atoms with van der Waals surface area (Å²) in [6, 6.07) is 8.97. The molecule has 1 aromatic rings. The van der Waals surface area contributed by atoms with Gasteiger partial charge in [0.2, 0.25) is 5.91 Å². The molecular formula is C19H27IN4O. The maximum absolute atomic E-state index is 11.7. The number of nitrogens with one attached hydrogen (secondary N) is 2. The number of carbonyl (C=O) groups excluding carboxylic acids is 1. The lowest BCUT2D eigenvalue weighted by atomic mass is 10.1. The number of nitrogens with zero attached hydrogens (tertiary/aromatic N) is 2. The first-order chi connectivity index (χ1) is 11.7. The highest BCUT2D eigenvalue weighted by atomic mass is 127. The minimum Gasteiger partial charge on any atom is -0.354 e. The Bertz CT molecular complexity index is 610. The summed E-state index contributed by atoms with van der Waals surface area (Å²) in [4.78, 5) is 18.3. The van der Waals surface area contributed by atoms with Crippen LogP contribution in [0.3, 0.4) is 0 Å². The molecule has 0 atom stereocenters. The lowest BCUT2D eigenvalue weighted by Crippen LogP contribution is -2.38. The van der Waals surface area contributed by atoms with Gasteiger partial charge in [-0.15, -0.1) is 30.6 Å². The number of likely N-dealkylation sites (tertiary alicyclic amines) is 1. The highest BCUT2D eigenvalue weighted by Gasteiger charge is 2.22. The molecule has 25 heavy (non-hydrogen) atoms. The van der Waals surface area contributed by atoms with Crippen molar-refractivity contribution in [3.63, 3.8) is 0 Å². The molecule has 1 amide bonds. The SMILES string of the molecule is C=CCNC(=NCc1ccc(CN2CCCC2=O)cc1)NC1CC1.I. The smallest absolute Gasteiger partial charge is 0.222 e. The molecule has 0 aromatic heterocycles. The van der Waals surface area contributed by atoms with E-state index in [1.54, 1.807) is 0 Å². The van der Waals surface area contributed by atoms with Gasteiger partial charge in [-0.3, -0.25) is 4.79 Å². The molecule has 2 N–H and O–H groups in total. The molecule has 1 saturated heterocycles. The Kier molecular flexibility index (Phi) is 7.74. The first kappa shape index (κ1) is 19.8. The minimum absolute atomic E-state index is 0. The predicted molar refractivity (Wildman–Crippen MR) is 112 cm³/mol. The number of rotatable bonds is 7. The van der Waals surface area contributed by atoms with E-state index in [-0.39, 0.29) is 29.9 Å². The van der Waals surface area contributed by atoms with Crippen LogP contribution in [0.25, 0.3) is 0 Å². The monoisotopic (exact) mass is 454 g/mol. The second kappa shape index (κ2) is 9.79. The zero-order chi connectivity index (χ0) is 16.8. The molecular weight excluding hydrogens is 427 g/mol. The molecule has 1 aliphatic heterocycles. The molecule has 0 unspecified atom stereocenters. The molecule has 1 aliphatic carbocycles. The summed E-state index contributed by atoms with van der Waals surface area (Å²) in [6.45, 7) is 6.69. The van der Waals surface area contributed by atoms with Crippen LogP contribution in [0.4, 0.5) is 0 Å². The number of guanidine groups is 1. The summed E-state index contributed by atoms with van der Waals surface area (Å²) in [5, 5.41) is 6.66. The fourth-order valence-corrected chi connectivity index (χ4v) is 2.75. The Hall–Kier alpha value is -1.57. The molecule has 0 spiro atoms. The quantitative estimate of drug-likeness (QED) is 0.289. The van der Waals surface area contributed by atoms with Gasteiger partial charge in [0.25, 0.3) is 0 Å². The molecule has 1 saturated carbocycles. The van der Waals surface area contributed by atoms with Gasteiger partial charge in [0.05, 0.1) is 6.54 Å². The standard InChI is InChI=1S/C19H26N4O.HI/c1-2-11-20-19(22-17-9-10-17)21-13-15-5-7-16(8-6-15)14-23-12-3-4-18(23)24;/h2,5-8,17H,1,3-4,9-14H2,(H2,20,21,22);1H. The minimum atomic E-state index is 0. The molecule has 136 valence electrons. The van der Waals surface area contributed by atoms with Crippen molar-refractivity contribution in [1.82, 2.24) is 15.5 Å². The second-order valence-electron chi connectivity index (χ2n) is 6.49. The number of halogens is 1. The molecule has 0 bridgehead atoms. The van der Waals surface area contributed by atoms with Crippen LogP contribution in [-0.2, 0) is 17.9 Å². The fourth-order valence-electron chi connectivity index (χ4n) is 2.75. The van der Waals surface area contributed by atoms with E-state index in [1.165, 1.54) is 24.0 Å². The van der Waals surface area contributed by atoms with E-state index in [0.29, 0.717) is 25.6 Å². The van der Waals surface area contributed by atoms with Crippen molar-refractivity contribution in [3.8, 4) is 0 Å². The van der Waals surface area contributed by atoms with Gasteiger partial charge in [-0.1, -0.05) is 30.3 Å². The highest BCUT2D eigenvalue weighted by molar-refractivity contribution is 14.0. The maximum Gasteiger partial charge on any atom is 0.222 e. The second-order valence-corrected chi connectivity index (χ2v) is 6.49. The number of hydrogen-bond acceptors (Lipinski definition) is 2. The summed E-state index contributed by atoms with van der Waals surface area (Å²) in [5.74, 6) is 1.12. The Morgan fingerprint density at radius 3 is 2.60 bits per heavy atom. The summed E-state index contributed by atoms with van der Waals surface area (Å²) >= 11 is 0. The molecule has 6 heteroatoms. The van der Waals surface area contributed by atoms with Crippen molar-refractivity contribution in [1.29, 1.82) is 0 Å². The Morgan fingerprint density at radius 1 is 1.28 bits per heavy atom. The van der Waals surface area contributed by atoms with Crippen LogP contribution in [0.1, 0.15) is 36.8 Å². The van der Waals surface area contributed by atoms with E-state index in [2.05, 4.69) is 46.5 Å². The lowest BCUT2D eigenvalue weighted by Gasteiger charge is -2.15. The third kappa shape index (κ3) is 6.34. The third-order valence-corrected chi connectivity index (χ3v) is 4.32. The van der Waals surface area contributed by atoms with Crippen molar-refractivity contribution in [2.75, 3.05) is 13.1 Å². The Morgan fingerprint density at radius 2 is 2.00 bits per heavy atom. The number of hydrogen-bond donors (Lipinski definition) is 2. The number of aliphatic imine (C=N–C) groups is 1. The normalized spacial score (nSPS) is 17.2. The molecule has 3 rings (SSSR count). The van der Waals surface area contributed by atoms with Gasteiger partial charge in [-0.05, 0) is 30.4 Å². The summed E-state index contributed by atoms with van der Waals surface area (Å²) < 4.78 is 0. The van der Waals surface area contributed by atoms with Crippen LogP contribution >= 0.6 is 24.0 Å². The molecule has 2 fully saturated rings. The van der Waals surface area contributed by atoms with Crippen molar-refractivity contribution in [3.05, 3.63) is 48.0 Å². The van der Waals surface area contributed by atoms with Gasteiger partial charge in [-0.2, -0.15) is 0 Å². The number of amides is 1. The molecule has 2 aliphatic rings. The van der Waals surface area contributed by atoms with E-state index in [1.807, 2.05) is 11.0 Å². The zero-order valence-electron chi connectivity index (χ0n) is 14.5. The topological polar surface area (TPSA) is 56.7 Å². The average Bonchev–Trinajstić information content (AvgIpc) is 3.33. The van der Waals surface area contributed by atoms with E-state index in [4.69, 9.17) is 0 Å². The first-order valence-corrected chi connectivity index (χ1v) is 8.76. The molecule has 5 nitrogen and oxygen atoms in total. The Labute approximate surface area is 167 Å². The van der Waals surface area contributed by atoms with Crippen molar-refractivity contribution < 1.29 is 4.79 Å². The first-order valence-electron chi connectivity index (χ1n) is 8.76. The van der Waals surface area contributed by atoms with Crippen LogP contribution in [0, 0.1) is 0 Å². The summed E-state index contributed by atoms with van der Waals surface area (Å²) in [6.07, 6.45) is 5.96. The highest BCUT2D eigenvalue weighted by Crippen LogP contribution is 2.18. The van der Waals surface area contributed by atoms with Gasteiger partial charge in [-0.25, -0.2) is 4.99 Å². The lowest BCUT2D eigenvalue weighted by molar-refractivity contribution is -0.128. The fraction of sp³-hybridized carbons (Fsp3) is 0.474. The van der Waals surface area contributed by atoms with E-state index in [9.17, 15) is 4.79 Å². The molecule has 1 heterocycles. The van der Waals surface area contributed by atoms with Crippen LogP contribution in [0.5, 0.6) is 0 Å². The van der Waals surface area contributed by atoms with Gasteiger partial charge in [0, 0.05) is 32.1 Å². The average molecular weight is 454 g/mol. The van der Waals surface area contributed by atoms with Crippen molar-refractivity contribution in [2.45, 2.75) is 44.8 Å². The number of carbonyl (C=O) groups is 1. The molecule has 1 aromatic carbocycles. The largest absolute Gasteiger partial charge is 0.354 e. The summed E-state index contributed by atoms with van der Waals surface area (Å²) in [7, 11) is 0. The van der Waals surface area contributed by atoms with E-state index < -0.39 is 0 Å². The van der Waals surface area contributed by atoms with Crippen LogP contribution in [0.2, 0.25) is 0 Å². The van der Waals surface area contributed by atoms with Crippen LogP contribution < -0.4 is 10.6 Å². The van der Waals surface area contributed by atoms with Crippen molar-refractivity contribution in [2.24, 2.45) is 4.99 Å². The Balaban J connectivity index is 0.00000225. The zero-order valence-corrected chi connectivity index (χ0v) is 16.9. The maximum atomic E-state index is 11.7. The predicted octanol–water partition coefficient (Wildman–Crippen LogP) is 2.81. The van der Waals surface area contributed by atoms with Gasteiger partial charge in [0.1, 0.15) is 0 Å². The van der Waals surface area contributed by atoms with Crippen LogP contribution in [0.15, 0.2) is 41.9 Å². The number of benzene rings is 1. The van der Waals surface area contributed by atoms with E-state index >= 15 is 0 Å². The van der Waals surface area contributed by atoms with Gasteiger partial charge < -0.3 is 15.5 Å². The van der Waals surface area contributed by atoms with Crippen molar-refractivity contribution >= 4 is 35.8 Å². The molecule has 0 radical (unpaired) electrons. The summed E-state index contributed by atoms with van der Waals surface area (Å²) in [5.41, 5.74) is 2.35. The van der Waals surface area contributed by atoms with Gasteiger partial charge in [0.15, 0.2) is 5.96 Å². The van der Waals surface area contributed by atoms with Gasteiger partial charge >= 0.3 is 0 Å².